The molecule has 90 valence electrons. The molecule has 0 aromatic carbocycles. The Hall–Kier alpha value is -1.48. The highest BCUT2D eigenvalue weighted by molar-refractivity contribution is 7.89. The third-order valence-corrected chi connectivity index (χ3v) is 3.01. The number of aryl methyl sites for hydroxylation is 1. The molecular formula is C7H12N4O4S. The number of carbonyl (C=O) groups is 1. The lowest BCUT2D eigenvalue weighted by Gasteiger charge is -2.02. The van der Waals surface area contributed by atoms with Gasteiger partial charge in [-0.25, -0.2) is 18.1 Å². The van der Waals surface area contributed by atoms with E-state index in [4.69, 9.17) is 5.11 Å². The van der Waals surface area contributed by atoms with Gasteiger partial charge in [-0.2, -0.15) is 5.10 Å². The van der Waals surface area contributed by atoms with Gasteiger partial charge in [0.1, 0.15) is 6.33 Å². The van der Waals surface area contributed by atoms with E-state index in [0.29, 0.717) is 5.82 Å². The summed E-state index contributed by atoms with van der Waals surface area (Å²) >= 11 is 0. The van der Waals surface area contributed by atoms with Crippen molar-refractivity contribution in [2.24, 2.45) is 7.05 Å². The van der Waals surface area contributed by atoms with Crippen LogP contribution in [0, 0.1) is 0 Å². The van der Waals surface area contributed by atoms with Crippen LogP contribution < -0.4 is 4.72 Å². The lowest BCUT2D eigenvalue weighted by Crippen LogP contribution is -2.27. The third-order valence-electron chi connectivity index (χ3n) is 1.68. The fourth-order valence-corrected chi connectivity index (χ4v) is 1.87. The van der Waals surface area contributed by atoms with Crippen molar-refractivity contribution in [2.75, 3.05) is 5.75 Å². The molecule has 0 bridgehead atoms. The summed E-state index contributed by atoms with van der Waals surface area (Å²) in [7, 11) is -1.92. The van der Waals surface area contributed by atoms with Crippen molar-refractivity contribution in [3.63, 3.8) is 0 Å². The molecule has 1 aromatic heterocycles. The standard InChI is InChI=1S/C7H12N4O4S/c1-11-5-8-6(10-11)4-9-16(14,15)3-2-7(12)13/h5,9H,2-4H2,1H3,(H,12,13). The molecule has 0 radical (unpaired) electrons. The summed E-state index contributed by atoms with van der Waals surface area (Å²) in [6.45, 7) is -0.0389. The Labute approximate surface area is 92.3 Å². The highest BCUT2D eigenvalue weighted by Crippen LogP contribution is 1.93. The number of nitrogens with zero attached hydrogens (tertiary/aromatic N) is 3. The van der Waals surface area contributed by atoms with Gasteiger partial charge in [-0.1, -0.05) is 0 Å². The summed E-state index contributed by atoms with van der Waals surface area (Å²) < 4.78 is 26.2. The van der Waals surface area contributed by atoms with E-state index in [-0.39, 0.29) is 6.54 Å². The largest absolute Gasteiger partial charge is 0.481 e. The van der Waals surface area contributed by atoms with E-state index < -0.39 is 28.2 Å². The van der Waals surface area contributed by atoms with Crippen molar-refractivity contribution < 1.29 is 18.3 Å². The van der Waals surface area contributed by atoms with Crippen LogP contribution in [0.25, 0.3) is 0 Å². The molecule has 9 heteroatoms. The molecule has 16 heavy (non-hydrogen) atoms. The highest BCUT2D eigenvalue weighted by atomic mass is 32.2. The summed E-state index contributed by atoms with van der Waals surface area (Å²) in [6.07, 6.45) is 1.02. The molecule has 1 rings (SSSR count). The average Bonchev–Trinajstić information content (AvgIpc) is 2.59. The Balaban J connectivity index is 2.45. The number of hydrogen-bond donors (Lipinski definition) is 2. The maximum Gasteiger partial charge on any atom is 0.304 e. The van der Waals surface area contributed by atoms with Gasteiger partial charge in [0.15, 0.2) is 5.82 Å². The van der Waals surface area contributed by atoms with E-state index in [0.717, 1.165) is 0 Å². The molecule has 0 saturated carbocycles. The van der Waals surface area contributed by atoms with Gasteiger partial charge < -0.3 is 5.11 Å². The van der Waals surface area contributed by atoms with Crippen molar-refractivity contribution in [1.29, 1.82) is 0 Å². The topological polar surface area (TPSA) is 114 Å². The molecule has 0 amide bonds. The lowest BCUT2D eigenvalue weighted by molar-refractivity contribution is -0.136. The van der Waals surface area contributed by atoms with Crippen LogP contribution in [0.4, 0.5) is 0 Å². The van der Waals surface area contributed by atoms with Crippen molar-refractivity contribution >= 4 is 16.0 Å². The number of aliphatic carboxylic acids is 1. The van der Waals surface area contributed by atoms with Crippen LogP contribution in [0.1, 0.15) is 12.2 Å². The molecule has 0 fully saturated rings. The third kappa shape index (κ3) is 4.36. The summed E-state index contributed by atoms with van der Waals surface area (Å²) in [4.78, 5) is 14.0. The van der Waals surface area contributed by atoms with Gasteiger partial charge in [0, 0.05) is 7.05 Å². The second-order valence-corrected chi connectivity index (χ2v) is 5.04. The van der Waals surface area contributed by atoms with E-state index in [1.807, 2.05) is 0 Å². The molecule has 1 heterocycles. The molecule has 0 aliphatic heterocycles. The maximum absolute atomic E-state index is 11.3. The molecule has 2 N–H and O–H groups in total. The van der Waals surface area contributed by atoms with Crippen molar-refractivity contribution in [2.45, 2.75) is 13.0 Å². The fourth-order valence-electron chi connectivity index (χ4n) is 0.933. The molecule has 0 saturated heterocycles. The van der Waals surface area contributed by atoms with Gasteiger partial charge in [0.25, 0.3) is 0 Å². The van der Waals surface area contributed by atoms with Crippen molar-refractivity contribution in [1.82, 2.24) is 19.5 Å². The zero-order valence-corrected chi connectivity index (χ0v) is 9.44. The van der Waals surface area contributed by atoms with Crippen LogP contribution in [0.3, 0.4) is 0 Å². The summed E-state index contributed by atoms with van der Waals surface area (Å²) in [5.74, 6) is -1.27. The first-order chi connectivity index (χ1) is 7.39. The van der Waals surface area contributed by atoms with Gasteiger partial charge in [-0.3, -0.25) is 9.48 Å². The van der Waals surface area contributed by atoms with Crippen LogP contribution in [0.5, 0.6) is 0 Å². The first kappa shape index (κ1) is 12.6. The minimum Gasteiger partial charge on any atom is -0.481 e. The Morgan fingerprint density at radius 1 is 1.62 bits per heavy atom. The van der Waals surface area contributed by atoms with Gasteiger partial charge in [0.05, 0.1) is 18.7 Å². The van der Waals surface area contributed by atoms with Crippen LogP contribution in [0.2, 0.25) is 0 Å². The number of hydrogen-bond acceptors (Lipinski definition) is 5. The normalized spacial score (nSPS) is 11.6. The van der Waals surface area contributed by atoms with E-state index in [1.54, 1.807) is 7.05 Å². The lowest BCUT2D eigenvalue weighted by atomic mass is 10.5. The second-order valence-electron chi connectivity index (χ2n) is 3.12. The van der Waals surface area contributed by atoms with Crippen LogP contribution in [-0.4, -0.2) is 40.0 Å². The van der Waals surface area contributed by atoms with Crippen LogP contribution in [0.15, 0.2) is 6.33 Å². The predicted octanol–water partition coefficient (Wildman–Crippen LogP) is -1.29. The molecule has 0 aliphatic carbocycles. The highest BCUT2D eigenvalue weighted by Gasteiger charge is 2.13. The molecule has 1 aromatic rings. The minimum absolute atomic E-state index is 0.0389. The number of aromatic nitrogens is 3. The number of carboxylic acid groups (broad SMARTS) is 1. The number of carboxylic acids is 1. The smallest absolute Gasteiger partial charge is 0.304 e. The Morgan fingerprint density at radius 3 is 2.81 bits per heavy atom. The van der Waals surface area contributed by atoms with E-state index in [9.17, 15) is 13.2 Å². The Bertz CT molecular complexity index is 466. The first-order valence-corrected chi connectivity index (χ1v) is 6.08. The van der Waals surface area contributed by atoms with Crippen LogP contribution in [-0.2, 0) is 28.4 Å². The van der Waals surface area contributed by atoms with Gasteiger partial charge in [-0.15, -0.1) is 0 Å². The summed E-state index contributed by atoms with van der Waals surface area (Å²) in [6, 6.07) is 0. The molecular weight excluding hydrogens is 236 g/mol. The Kier molecular flexibility index (Phi) is 3.96. The van der Waals surface area contributed by atoms with Crippen molar-refractivity contribution in [3.8, 4) is 0 Å². The van der Waals surface area contributed by atoms with Gasteiger partial charge in [-0.05, 0) is 0 Å². The average molecular weight is 248 g/mol. The zero-order valence-electron chi connectivity index (χ0n) is 8.62. The molecule has 8 nitrogen and oxygen atoms in total. The number of sulfonamides is 1. The quantitative estimate of drug-likeness (QED) is 0.647. The summed E-state index contributed by atoms with van der Waals surface area (Å²) in [5, 5.41) is 12.2. The fraction of sp³-hybridized carbons (Fsp3) is 0.571. The molecule has 0 spiro atoms. The SMILES string of the molecule is Cn1cnc(CNS(=O)(=O)CCC(=O)O)n1. The van der Waals surface area contributed by atoms with Crippen LogP contribution >= 0.6 is 0 Å². The minimum atomic E-state index is -3.59. The van der Waals surface area contributed by atoms with Gasteiger partial charge in [0.2, 0.25) is 10.0 Å². The second kappa shape index (κ2) is 5.03. The Morgan fingerprint density at radius 2 is 2.31 bits per heavy atom. The summed E-state index contributed by atoms with van der Waals surface area (Å²) in [5.41, 5.74) is 0. The maximum atomic E-state index is 11.3. The zero-order chi connectivity index (χ0) is 12.2. The first-order valence-electron chi connectivity index (χ1n) is 4.43. The van der Waals surface area contributed by atoms with Gasteiger partial charge >= 0.3 is 5.97 Å². The molecule has 0 atom stereocenters. The van der Waals surface area contributed by atoms with E-state index in [1.165, 1.54) is 11.0 Å². The monoisotopic (exact) mass is 248 g/mol. The number of rotatable bonds is 6. The van der Waals surface area contributed by atoms with Crippen molar-refractivity contribution in [3.05, 3.63) is 12.2 Å². The number of nitrogens with one attached hydrogen (secondary N) is 1. The predicted molar refractivity (Wildman–Crippen MR) is 53.9 cm³/mol. The van der Waals surface area contributed by atoms with E-state index in [2.05, 4.69) is 14.8 Å². The molecule has 0 aliphatic rings. The molecule has 0 unspecified atom stereocenters. The van der Waals surface area contributed by atoms with E-state index >= 15 is 0 Å².